The largest absolute Gasteiger partial charge is 0.437 e. The molecule has 162 valence electrons. The second-order valence-corrected chi connectivity index (χ2v) is 7.59. The Bertz CT molecular complexity index is 1330. The number of para-hydroxylation sites is 1. The van der Waals surface area contributed by atoms with Gasteiger partial charge >= 0.3 is 0 Å². The zero-order chi connectivity index (χ0) is 22.5. The van der Waals surface area contributed by atoms with E-state index in [9.17, 15) is 9.59 Å². The standard InChI is InChI=1S/C25H24N4O3/c1-16-8-5-12-21(17(16)2)32-25-20(11-7-15-26-25)28-23(30)14-6-13-22-27-19-10-4-3-9-18(19)24(31)29-22/h3-5,7-12,15H,6,13-14H2,1-2H3,(H,28,30)(H,27,29,31). The van der Waals surface area contributed by atoms with Gasteiger partial charge in [0.2, 0.25) is 11.8 Å². The molecular formula is C25H24N4O3. The molecule has 2 heterocycles. The monoisotopic (exact) mass is 428 g/mol. The summed E-state index contributed by atoms with van der Waals surface area (Å²) < 4.78 is 5.97. The molecule has 32 heavy (non-hydrogen) atoms. The van der Waals surface area contributed by atoms with Gasteiger partial charge in [-0.1, -0.05) is 24.3 Å². The summed E-state index contributed by atoms with van der Waals surface area (Å²) in [6.07, 6.45) is 2.93. The summed E-state index contributed by atoms with van der Waals surface area (Å²) in [6, 6.07) is 16.5. The van der Waals surface area contributed by atoms with E-state index in [1.807, 2.05) is 38.1 Å². The lowest BCUT2D eigenvalue weighted by Crippen LogP contribution is -2.14. The number of benzene rings is 2. The second-order valence-electron chi connectivity index (χ2n) is 7.59. The zero-order valence-electron chi connectivity index (χ0n) is 18.0. The summed E-state index contributed by atoms with van der Waals surface area (Å²) >= 11 is 0. The minimum atomic E-state index is -0.168. The van der Waals surface area contributed by atoms with Gasteiger partial charge < -0.3 is 15.0 Å². The van der Waals surface area contributed by atoms with Crippen molar-refractivity contribution in [3.05, 3.63) is 88.1 Å². The third-order valence-electron chi connectivity index (χ3n) is 5.29. The van der Waals surface area contributed by atoms with Crippen LogP contribution in [0.4, 0.5) is 5.69 Å². The maximum atomic E-state index is 12.5. The molecule has 1 amide bonds. The van der Waals surface area contributed by atoms with Crippen LogP contribution in [0.1, 0.15) is 29.8 Å². The fraction of sp³-hybridized carbons (Fsp3) is 0.200. The molecule has 7 heteroatoms. The highest BCUT2D eigenvalue weighted by Gasteiger charge is 2.12. The first-order valence-corrected chi connectivity index (χ1v) is 10.5. The van der Waals surface area contributed by atoms with Crippen molar-refractivity contribution in [3.63, 3.8) is 0 Å². The number of amides is 1. The smallest absolute Gasteiger partial charge is 0.258 e. The maximum absolute atomic E-state index is 12.5. The highest BCUT2D eigenvalue weighted by molar-refractivity contribution is 5.91. The molecule has 0 spiro atoms. The molecule has 0 saturated heterocycles. The first kappa shape index (κ1) is 21.2. The number of rotatable bonds is 7. The quantitative estimate of drug-likeness (QED) is 0.445. The van der Waals surface area contributed by atoms with E-state index in [0.717, 1.165) is 11.1 Å². The number of aryl methyl sites for hydroxylation is 2. The van der Waals surface area contributed by atoms with Gasteiger partial charge in [-0.3, -0.25) is 9.59 Å². The van der Waals surface area contributed by atoms with Crippen LogP contribution in [0.25, 0.3) is 10.9 Å². The van der Waals surface area contributed by atoms with Crippen LogP contribution in [0.3, 0.4) is 0 Å². The van der Waals surface area contributed by atoms with Crippen LogP contribution in [0.15, 0.2) is 65.6 Å². The third kappa shape index (κ3) is 4.83. The minimum absolute atomic E-state index is 0.160. The van der Waals surface area contributed by atoms with Crippen molar-refractivity contribution in [1.82, 2.24) is 15.0 Å². The Hall–Kier alpha value is -4.00. The Morgan fingerprint density at radius 3 is 2.78 bits per heavy atom. The summed E-state index contributed by atoms with van der Waals surface area (Å²) in [5.74, 6) is 1.45. The fourth-order valence-electron chi connectivity index (χ4n) is 3.39. The van der Waals surface area contributed by atoms with Crippen LogP contribution in [0.2, 0.25) is 0 Å². The Morgan fingerprint density at radius 2 is 1.91 bits per heavy atom. The van der Waals surface area contributed by atoms with Crippen LogP contribution in [-0.4, -0.2) is 20.9 Å². The molecule has 0 unspecified atom stereocenters. The van der Waals surface area contributed by atoms with Crippen molar-refractivity contribution in [1.29, 1.82) is 0 Å². The van der Waals surface area contributed by atoms with E-state index >= 15 is 0 Å². The first-order chi connectivity index (χ1) is 15.5. The van der Waals surface area contributed by atoms with Gasteiger partial charge in [0.05, 0.1) is 10.9 Å². The van der Waals surface area contributed by atoms with E-state index in [4.69, 9.17) is 4.74 Å². The number of pyridine rings is 1. The normalized spacial score (nSPS) is 10.8. The number of hydrogen-bond acceptors (Lipinski definition) is 5. The molecule has 0 aliphatic heterocycles. The Balaban J connectivity index is 1.39. The van der Waals surface area contributed by atoms with Crippen molar-refractivity contribution < 1.29 is 9.53 Å². The number of anilines is 1. The average molecular weight is 428 g/mol. The molecule has 7 nitrogen and oxygen atoms in total. The summed E-state index contributed by atoms with van der Waals surface area (Å²) in [5.41, 5.74) is 3.13. The van der Waals surface area contributed by atoms with Gasteiger partial charge in [-0.15, -0.1) is 0 Å². The molecule has 4 rings (SSSR count). The van der Waals surface area contributed by atoms with Crippen LogP contribution < -0.4 is 15.6 Å². The number of fused-ring (bicyclic) bond motifs is 1. The average Bonchev–Trinajstić information content (AvgIpc) is 2.78. The number of nitrogens with one attached hydrogen (secondary N) is 2. The van der Waals surface area contributed by atoms with Crippen molar-refractivity contribution in [2.45, 2.75) is 33.1 Å². The van der Waals surface area contributed by atoms with Gasteiger partial charge in [0.1, 0.15) is 17.3 Å². The van der Waals surface area contributed by atoms with E-state index in [-0.39, 0.29) is 17.9 Å². The Kier molecular flexibility index (Phi) is 6.26. The van der Waals surface area contributed by atoms with Gasteiger partial charge in [-0.05, 0) is 61.7 Å². The predicted molar refractivity (Wildman–Crippen MR) is 124 cm³/mol. The van der Waals surface area contributed by atoms with E-state index < -0.39 is 0 Å². The van der Waals surface area contributed by atoms with E-state index in [0.29, 0.717) is 46.9 Å². The molecule has 4 aromatic rings. The molecule has 0 atom stereocenters. The highest BCUT2D eigenvalue weighted by Crippen LogP contribution is 2.30. The Morgan fingerprint density at radius 1 is 1.06 bits per heavy atom. The number of H-pyrrole nitrogens is 1. The molecule has 0 aliphatic rings. The number of carbonyl (C=O) groups is 1. The van der Waals surface area contributed by atoms with E-state index in [1.165, 1.54) is 0 Å². The van der Waals surface area contributed by atoms with Gasteiger partial charge in [0, 0.05) is 19.0 Å². The number of aromatic amines is 1. The van der Waals surface area contributed by atoms with Crippen molar-refractivity contribution >= 4 is 22.5 Å². The molecular weight excluding hydrogens is 404 g/mol. The third-order valence-corrected chi connectivity index (χ3v) is 5.29. The van der Waals surface area contributed by atoms with E-state index in [2.05, 4.69) is 20.3 Å². The molecule has 0 aliphatic carbocycles. The zero-order valence-corrected chi connectivity index (χ0v) is 18.0. The minimum Gasteiger partial charge on any atom is -0.437 e. The summed E-state index contributed by atoms with van der Waals surface area (Å²) in [4.78, 5) is 36.2. The van der Waals surface area contributed by atoms with E-state index in [1.54, 1.807) is 36.5 Å². The fourth-order valence-corrected chi connectivity index (χ4v) is 3.39. The predicted octanol–water partition coefficient (Wildman–Crippen LogP) is 4.69. The van der Waals surface area contributed by atoms with Gasteiger partial charge in [-0.25, -0.2) is 9.97 Å². The molecule has 0 bridgehead atoms. The summed E-state index contributed by atoms with van der Waals surface area (Å²) in [5, 5.41) is 3.43. The lowest BCUT2D eigenvalue weighted by molar-refractivity contribution is -0.116. The van der Waals surface area contributed by atoms with Gasteiger partial charge in [0.15, 0.2) is 0 Å². The SMILES string of the molecule is Cc1cccc(Oc2ncccc2NC(=O)CCCc2nc3ccccc3c(=O)[nH]2)c1C. The van der Waals surface area contributed by atoms with Crippen LogP contribution in [0, 0.1) is 13.8 Å². The molecule has 0 fully saturated rings. The lowest BCUT2D eigenvalue weighted by atomic mass is 10.1. The Labute approximate surface area is 185 Å². The molecule has 2 N–H and O–H groups in total. The number of ether oxygens (including phenoxy) is 1. The van der Waals surface area contributed by atoms with Crippen LogP contribution >= 0.6 is 0 Å². The van der Waals surface area contributed by atoms with Crippen molar-refractivity contribution in [2.24, 2.45) is 0 Å². The number of hydrogen-bond donors (Lipinski definition) is 2. The highest BCUT2D eigenvalue weighted by atomic mass is 16.5. The summed E-state index contributed by atoms with van der Waals surface area (Å²) in [7, 11) is 0. The second kappa shape index (κ2) is 9.43. The number of aromatic nitrogens is 3. The van der Waals surface area contributed by atoms with Crippen LogP contribution in [-0.2, 0) is 11.2 Å². The molecule has 0 radical (unpaired) electrons. The van der Waals surface area contributed by atoms with Crippen LogP contribution in [0.5, 0.6) is 11.6 Å². The first-order valence-electron chi connectivity index (χ1n) is 10.5. The van der Waals surface area contributed by atoms with Crippen molar-refractivity contribution in [3.8, 4) is 11.6 Å². The topological polar surface area (TPSA) is 97.0 Å². The van der Waals surface area contributed by atoms with Gasteiger partial charge in [-0.2, -0.15) is 0 Å². The lowest BCUT2D eigenvalue weighted by Gasteiger charge is -2.13. The molecule has 2 aromatic heterocycles. The number of nitrogens with zero attached hydrogens (tertiary/aromatic N) is 2. The maximum Gasteiger partial charge on any atom is 0.258 e. The number of carbonyl (C=O) groups excluding carboxylic acids is 1. The molecule has 0 saturated carbocycles. The summed E-state index contributed by atoms with van der Waals surface area (Å²) in [6.45, 7) is 4.00. The van der Waals surface area contributed by atoms with Gasteiger partial charge in [0.25, 0.3) is 5.56 Å². The van der Waals surface area contributed by atoms with Crippen molar-refractivity contribution in [2.75, 3.05) is 5.32 Å². The molecule has 2 aromatic carbocycles.